The fourth-order valence-electron chi connectivity index (χ4n) is 1.38. The van der Waals surface area contributed by atoms with Gasteiger partial charge >= 0.3 is 0 Å². The van der Waals surface area contributed by atoms with Crippen LogP contribution in [0.4, 0.5) is 0 Å². The molecular weight excluding hydrogens is 403 g/mol. The zero-order chi connectivity index (χ0) is 16.3. The number of hydrogen-bond donors (Lipinski definition) is 0. The Labute approximate surface area is 148 Å². The highest BCUT2D eigenvalue weighted by molar-refractivity contribution is 14.1. The summed E-state index contributed by atoms with van der Waals surface area (Å²) in [5, 5.41) is 0. The van der Waals surface area contributed by atoms with Gasteiger partial charge in [0.2, 0.25) is 0 Å². The second kappa shape index (κ2) is 19.5. The van der Waals surface area contributed by atoms with Crippen LogP contribution in [0.2, 0.25) is 0 Å². The van der Waals surface area contributed by atoms with Gasteiger partial charge in [-0.15, -0.1) is 0 Å². The third kappa shape index (κ3) is 20.5. The van der Waals surface area contributed by atoms with Gasteiger partial charge in [-0.25, -0.2) is 0 Å². The molecule has 0 aliphatic heterocycles. The lowest BCUT2D eigenvalue weighted by Gasteiger charge is -2.09. The quantitative estimate of drug-likeness (QED) is 0.187. The van der Waals surface area contributed by atoms with Crippen LogP contribution in [0.1, 0.15) is 13.8 Å². The number of ether oxygens (including phenoxy) is 6. The minimum absolute atomic E-state index is 0.254. The molecule has 0 aliphatic carbocycles. The molecule has 0 unspecified atom stereocenters. The van der Waals surface area contributed by atoms with Gasteiger partial charge in [-0.2, -0.15) is 0 Å². The van der Waals surface area contributed by atoms with Crippen molar-refractivity contribution in [2.75, 3.05) is 77.1 Å². The van der Waals surface area contributed by atoms with Crippen molar-refractivity contribution in [1.82, 2.24) is 0 Å². The lowest BCUT2D eigenvalue weighted by molar-refractivity contribution is -0.0208. The molecule has 22 heavy (non-hydrogen) atoms. The summed E-state index contributed by atoms with van der Waals surface area (Å²) >= 11 is 2.28. The Morgan fingerprint density at radius 2 is 0.864 bits per heavy atom. The van der Waals surface area contributed by atoms with Crippen LogP contribution in [0.25, 0.3) is 0 Å². The largest absolute Gasteiger partial charge is 0.378 e. The standard InChI is InChI=1S/C15H31IO6/c1-15(2)22-14-13-21-12-11-20-10-9-19-8-7-18-6-5-17-4-3-16/h15H,3-14H2,1-2H3. The maximum absolute atomic E-state index is 5.38. The molecule has 7 heteroatoms. The molecule has 0 aromatic rings. The maximum atomic E-state index is 5.38. The van der Waals surface area contributed by atoms with Crippen LogP contribution in [0.15, 0.2) is 0 Å². The van der Waals surface area contributed by atoms with Crippen molar-refractivity contribution in [3.8, 4) is 0 Å². The van der Waals surface area contributed by atoms with Crippen molar-refractivity contribution in [2.45, 2.75) is 20.0 Å². The number of rotatable bonds is 18. The van der Waals surface area contributed by atoms with Gasteiger partial charge in [-0.05, 0) is 13.8 Å². The predicted molar refractivity (Wildman–Crippen MR) is 94.1 cm³/mol. The van der Waals surface area contributed by atoms with Gasteiger partial charge < -0.3 is 28.4 Å². The number of hydrogen-bond acceptors (Lipinski definition) is 6. The Kier molecular flexibility index (Phi) is 20.0. The minimum Gasteiger partial charge on any atom is -0.378 e. The lowest BCUT2D eigenvalue weighted by Crippen LogP contribution is -2.14. The van der Waals surface area contributed by atoms with Crippen LogP contribution in [0.3, 0.4) is 0 Å². The van der Waals surface area contributed by atoms with Gasteiger partial charge in [0.15, 0.2) is 0 Å². The van der Waals surface area contributed by atoms with Crippen LogP contribution in [-0.2, 0) is 28.4 Å². The smallest absolute Gasteiger partial charge is 0.0703 e. The fraction of sp³-hybridized carbons (Fsp3) is 1.00. The van der Waals surface area contributed by atoms with E-state index >= 15 is 0 Å². The van der Waals surface area contributed by atoms with Crippen LogP contribution in [0, 0.1) is 0 Å². The van der Waals surface area contributed by atoms with Crippen LogP contribution in [-0.4, -0.2) is 83.2 Å². The van der Waals surface area contributed by atoms with Crippen LogP contribution < -0.4 is 0 Å². The molecule has 0 heterocycles. The minimum atomic E-state index is 0.254. The zero-order valence-electron chi connectivity index (χ0n) is 13.9. The fourth-order valence-corrected chi connectivity index (χ4v) is 1.69. The predicted octanol–water partition coefficient (Wildman–Crippen LogP) is 1.93. The highest BCUT2D eigenvalue weighted by Gasteiger charge is 1.95. The van der Waals surface area contributed by atoms with Gasteiger partial charge in [0, 0.05) is 4.43 Å². The summed E-state index contributed by atoms with van der Waals surface area (Å²) in [6.07, 6.45) is 0.254. The average molecular weight is 434 g/mol. The van der Waals surface area contributed by atoms with Crippen molar-refractivity contribution >= 4 is 22.6 Å². The first-order valence-electron chi connectivity index (χ1n) is 7.83. The molecule has 0 aromatic carbocycles. The Morgan fingerprint density at radius 3 is 1.18 bits per heavy atom. The normalized spacial score (nSPS) is 11.5. The molecule has 0 amide bonds. The van der Waals surface area contributed by atoms with Gasteiger partial charge in [-0.1, -0.05) is 22.6 Å². The topological polar surface area (TPSA) is 55.4 Å². The monoisotopic (exact) mass is 434 g/mol. The van der Waals surface area contributed by atoms with E-state index in [1.54, 1.807) is 0 Å². The first-order valence-corrected chi connectivity index (χ1v) is 9.36. The van der Waals surface area contributed by atoms with Gasteiger partial charge in [0.1, 0.15) is 0 Å². The molecule has 0 N–H and O–H groups in total. The van der Waals surface area contributed by atoms with Crippen molar-refractivity contribution in [2.24, 2.45) is 0 Å². The van der Waals surface area contributed by atoms with Crippen molar-refractivity contribution in [1.29, 1.82) is 0 Å². The van der Waals surface area contributed by atoms with E-state index in [-0.39, 0.29) is 6.10 Å². The van der Waals surface area contributed by atoms with E-state index in [4.69, 9.17) is 28.4 Å². The van der Waals surface area contributed by atoms with Crippen molar-refractivity contribution in [3.63, 3.8) is 0 Å². The third-order valence-corrected chi connectivity index (χ3v) is 2.83. The molecule has 0 aliphatic rings. The Balaban J connectivity index is 2.94. The zero-order valence-corrected chi connectivity index (χ0v) is 16.0. The Bertz CT molecular complexity index is 206. The number of alkyl halides is 1. The summed E-state index contributed by atoms with van der Waals surface area (Å²) in [6.45, 7) is 10.8. The molecule has 0 saturated heterocycles. The SMILES string of the molecule is CC(C)OCCOCCOCCOCCOCCOCCI. The first-order chi connectivity index (χ1) is 10.8. The van der Waals surface area contributed by atoms with E-state index in [1.165, 1.54) is 0 Å². The average Bonchev–Trinajstić information content (AvgIpc) is 2.50. The van der Waals surface area contributed by atoms with Crippen LogP contribution >= 0.6 is 22.6 Å². The molecule has 134 valence electrons. The van der Waals surface area contributed by atoms with Gasteiger partial charge in [0.05, 0.1) is 78.8 Å². The highest BCUT2D eigenvalue weighted by atomic mass is 127. The number of halogens is 1. The first kappa shape index (κ1) is 22.5. The maximum Gasteiger partial charge on any atom is 0.0703 e. The third-order valence-electron chi connectivity index (χ3n) is 2.39. The molecular formula is C15H31IO6. The van der Waals surface area contributed by atoms with E-state index in [9.17, 15) is 0 Å². The van der Waals surface area contributed by atoms with Crippen molar-refractivity contribution < 1.29 is 28.4 Å². The molecule has 6 nitrogen and oxygen atoms in total. The summed E-state index contributed by atoms with van der Waals surface area (Å²) < 4.78 is 33.1. The summed E-state index contributed by atoms with van der Waals surface area (Å²) in [5.41, 5.74) is 0. The molecule has 0 fully saturated rings. The van der Waals surface area contributed by atoms with E-state index < -0.39 is 0 Å². The summed E-state index contributed by atoms with van der Waals surface area (Å²) in [6, 6.07) is 0. The summed E-state index contributed by atoms with van der Waals surface area (Å²) in [5.74, 6) is 0. The highest BCUT2D eigenvalue weighted by Crippen LogP contribution is 1.88. The molecule has 0 atom stereocenters. The molecule has 0 aromatic heterocycles. The summed E-state index contributed by atoms with van der Waals surface area (Å²) in [4.78, 5) is 0. The van der Waals surface area contributed by atoms with E-state index in [0.29, 0.717) is 66.1 Å². The van der Waals surface area contributed by atoms with Crippen LogP contribution in [0.5, 0.6) is 0 Å². The van der Waals surface area contributed by atoms with E-state index in [1.807, 2.05) is 13.8 Å². The Hall–Kier alpha value is 0.490. The molecule has 0 radical (unpaired) electrons. The van der Waals surface area contributed by atoms with Gasteiger partial charge in [0.25, 0.3) is 0 Å². The second-order valence-electron chi connectivity index (χ2n) is 4.67. The van der Waals surface area contributed by atoms with Crippen molar-refractivity contribution in [3.05, 3.63) is 0 Å². The lowest BCUT2D eigenvalue weighted by atomic mass is 10.5. The molecule has 0 saturated carbocycles. The summed E-state index contributed by atoms with van der Waals surface area (Å²) in [7, 11) is 0. The van der Waals surface area contributed by atoms with Gasteiger partial charge in [-0.3, -0.25) is 0 Å². The second-order valence-corrected chi connectivity index (χ2v) is 5.75. The molecule has 0 bridgehead atoms. The van der Waals surface area contributed by atoms with E-state index in [0.717, 1.165) is 11.0 Å². The molecule has 0 spiro atoms. The Morgan fingerprint density at radius 1 is 0.545 bits per heavy atom. The molecule has 0 rings (SSSR count). The van der Waals surface area contributed by atoms with E-state index in [2.05, 4.69) is 22.6 Å².